The van der Waals surface area contributed by atoms with Crippen LogP contribution in [-0.4, -0.2) is 18.0 Å². The molecule has 0 radical (unpaired) electrons. The van der Waals surface area contributed by atoms with Crippen molar-refractivity contribution in [3.63, 3.8) is 0 Å². The van der Waals surface area contributed by atoms with Crippen LogP contribution in [0.3, 0.4) is 0 Å². The standard InChI is InChI=1S/C19H16ClN3O2S/c1-25-19-15(8-5-11-21-19)18(24)22-13-6-4-7-14(12-13)26-23-17-10-3-2-9-16(17)20/h2-12,23H,1H3,(H,22,24). The third-order valence-corrected chi connectivity index (χ3v) is 4.59. The normalized spacial score (nSPS) is 10.2. The number of rotatable bonds is 6. The minimum atomic E-state index is -0.281. The minimum absolute atomic E-state index is 0.281. The number of pyridine rings is 1. The summed E-state index contributed by atoms with van der Waals surface area (Å²) in [5, 5.41) is 3.50. The summed E-state index contributed by atoms with van der Waals surface area (Å²) in [5.74, 6) is 0.00655. The molecule has 3 aromatic rings. The molecule has 2 N–H and O–H groups in total. The molecule has 7 heteroatoms. The van der Waals surface area contributed by atoms with Crippen molar-refractivity contribution in [1.29, 1.82) is 0 Å². The first-order chi connectivity index (χ1) is 12.7. The monoisotopic (exact) mass is 385 g/mol. The molecular weight excluding hydrogens is 370 g/mol. The van der Waals surface area contributed by atoms with Crippen molar-refractivity contribution in [2.45, 2.75) is 4.90 Å². The number of anilines is 2. The van der Waals surface area contributed by atoms with Gasteiger partial charge in [0, 0.05) is 16.8 Å². The Kier molecular flexibility index (Phi) is 5.99. The van der Waals surface area contributed by atoms with E-state index in [-0.39, 0.29) is 11.8 Å². The third-order valence-electron chi connectivity index (χ3n) is 3.45. The maximum Gasteiger partial charge on any atom is 0.261 e. The third kappa shape index (κ3) is 4.47. The van der Waals surface area contributed by atoms with E-state index in [1.54, 1.807) is 18.3 Å². The van der Waals surface area contributed by atoms with Crippen LogP contribution >= 0.6 is 23.5 Å². The van der Waals surface area contributed by atoms with E-state index in [1.165, 1.54) is 19.1 Å². The second-order valence-corrected chi connectivity index (χ2v) is 6.51. The zero-order valence-electron chi connectivity index (χ0n) is 13.9. The number of methoxy groups -OCH3 is 1. The number of carbonyl (C=O) groups is 1. The van der Waals surface area contributed by atoms with Crippen molar-refractivity contribution >= 4 is 40.8 Å². The van der Waals surface area contributed by atoms with Crippen LogP contribution in [0.25, 0.3) is 0 Å². The summed E-state index contributed by atoms with van der Waals surface area (Å²) in [5.41, 5.74) is 1.88. The Balaban J connectivity index is 1.69. The van der Waals surface area contributed by atoms with Crippen molar-refractivity contribution in [2.75, 3.05) is 17.1 Å². The van der Waals surface area contributed by atoms with Crippen LogP contribution in [0, 0.1) is 0 Å². The molecule has 0 unspecified atom stereocenters. The summed E-state index contributed by atoms with van der Waals surface area (Å²) in [6.07, 6.45) is 1.58. The number of aromatic nitrogens is 1. The van der Waals surface area contributed by atoms with E-state index in [9.17, 15) is 4.79 Å². The van der Waals surface area contributed by atoms with Gasteiger partial charge in [-0.05, 0) is 54.4 Å². The Morgan fingerprint density at radius 3 is 2.77 bits per heavy atom. The van der Waals surface area contributed by atoms with Crippen LogP contribution in [0.15, 0.2) is 71.8 Å². The second-order valence-electron chi connectivity index (χ2n) is 5.23. The number of nitrogens with zero attached hydrogens (tertiary/aromatic N) is 1. The van der Waals surface area contributed by atoms with Crippen LogP contribution in [0.2, 0.25) is 5.02 Å². The highest BCUT2D eigenvalue weighted by Crippen LogP contribution is 2.28. The van der Waals surface area contributed by atoms with Gasteiger partial charge in [0.25, 0.3) is 5.91 Å². The van der Waals surface area contributed by atoms with Gasteiger partial charge in [-0.1, -0.05) is 29.8 Å². The number of amides is 1. The molecule has 0 aliphatic rings. The second kappa shape index (κ2) is 8.60. The first-order valence-electron chi connectivity index (χ1n) is 7.75. The van der Waals surface area contributed by atoms with Gasteiger partial charge >= 0.3 is 0 Å². The zero-order valence-corrected chi connectivity index (χ0v) is 15.5. The number of ether oxygens (including phenoxy) is 1. The molecule has 5 nitrogen and oxygen atoms in total. The molecule has 3 rings (SSSR count). The summed E-state index contributed by atoms with van der Waals surface area (Å²) < 4.78 is 8.33. The molecule has 1 heterocycles. The lowest BCUT2D eigenvalue weighted by molar-refractivity contribution is 0.102. The lowest BCUT2D eigenvalue weighted by Gasteiger charge is -2.10. The highest BCUT2D eigenvalue weighted by Gasteiger charge is 2.13. The average Bonchev–Trinajstić information content (AvgIpc) is 2.67. The van der Waals surface area contributed by atoms with Gasteiger partial charge < -0.3 is 14.8 Å². The fourth-order valence-electron chi connectivity index (χ4n) is 2.22. The molecule has 0 spiro atoms. The van der Waals surface area contributed by atoms with E-state index in [0.717, 1.165) is 10.6 Å². The maximum atomic E-state index is 12.5. The number of carbonyl (C=O) groups excluding carboxylic acids is 1. The largest absolute Gasteiger partial charge is 0.480 e. The van der Waals surface area contributed by atoms with E-state index in [2.05, 4.69) is 15.0 Å². The molecule has 2 aromatic carbocycles. The molecule has 0 saturated heterocycles. The zero-order chi connectivity index (χ0) is 18.4. The minimum Gasteiger partial charge on any atom is -0.480 e. The van der Waals surface area contributed by atoms with Crippen LogP contribution < -0.4 is 14.8 Å². The molecule has 0 fully saturated rings. The van der Waals surface area contributed by atoms with E-state index >= 15 is 0 Å². The smallest absolute Gasteiger partial charge is 0.261 e. The van der Waals surface area contributed by atoms with Gasteiger partial charge in [0.05, 0.1) is 17.8 Å². The van der Waals surface area contributed by atoms with Crippen molar-refractivity contribution in [3.05, 3.63) is 77.4 Å². The fraction of sp³-hybridized carbons (Fsp3) is 0.0526. The SMILES string of the molecule is COc1ncccc1C(=O)Nc1cccc(SNc2ccccc2Cl)c1. The first kappa shape index (κ1) is 18.1. The highest BCUT2D eigenvalue weighted by atomic mass is 35.5. The summed E-state index contributed by atoms with van der Waals surface area (Å²) in [6.45, 7) is 0. The topological polar surface area (TPSA) is 63.2 Å². The average molecular weight is 386 g/mol. The molecule has 1 aromatic heterocycles. The molecule has 0 atom stereocenters. The van der Waals surface area contributed by atoms with Crippen LogP contribution in [0.4, 0.5) is 11.4 Å². The van der Waals surface area contributed by atoms with Gasteiger partial charge in [-0.2, -0.15) is 0 Å². The number of para-hydroxylation sites is 1. The molecule has 1 amide bonds. The molecule has 0 aliphatic carbocycles. The Morgan fingerprint density at radius 2 is 1.96 bits per heavy atom. The van der Waals surface area contributed by atoms with Gasteiger partial charge in [-0.3, -0.25) is 4.79 Å². The van der Waals surface area contributed by atoms with Crippen LogP contribution in [0.1, 0.15) is 10.4 Å². The quantitative estimate of drug-likeness (QED) is 0.577. The summed E-state index contributed by atoms with van der Waals surface area (Å²) in [7, 11) is 1.48. The summed E-state index contributed by atoms with van der Waals surface area (Å²) >= 11 is 7.55. The number of hydrogen-bond acceptors (Lipinski definition) is 5. The summed E-state index contributed by atoms with van der Waals surface area (Å²) in [6, 6.07) is 18.4. The van der Waals surface area contributed by atoms with Gasteiger partial charge in [0.15, 0.2) is 0 Å². The van der Waals surface area contributed by atoms with E-state index in [1.807, 2.05) is 48.5 Å². The first-order valence-corrected chi connectivity index (χ1v) is 8.94. The molecule has 0 saturated carbocycles. The Hall–Kier alpha value is -2.70. The lowest BCUT2D eigenvalue weighted by atomic mass is 10.2. The van der Waals surface area contributed by atoms with Gasteiger partial charge in [0.1, 0.15) is 5.56 Å². The lowest BCUT2D eigenvalue weighted by Crippen LogP contribution is -2.13. The highest BCUT2D eigenvalue weighted by molar-refractivity contribution is 8.00. The number of benzene rings is 2. The Labute approximate surface area is 160 Å². The van der Waals surface area contributed by atoms with E-state index < -0.39 is 0 Å². The number of halogens is 1. The molecule has 0 aliphatic heterocycles. The van der Waals surface area contributed by atoms with Crippen molar-refractivity contribution in [3.8, 4) is 5.88 Å². The van der Waals surface area contributed by atoms with Gasteiger partial charge in [-0.15, -0.1) is 0 Å². The Morgan fingerprint density at radius 1 is 1.12 bits per heavy atom. The van der Waals surface area contributed by atoms with Crippen LogP contribution in [0.5, 0.6) is 5.88 Å². The molecule has 26 heavy (non-hydrogen) atoms. The number of hydrogen-bond donors (Lipinski definition) is 2. The Bertz CT molecular complexity index is 921. The molecular formula is C19H16ClN3O2S. The van der Waals surface area contributed by atoms with Crippen molar-refractivity contribution < 1.29 is 9.53 Å². The predicted molar refractivity (Wildman–Crippen MR) is 106 cm³/mol. The summed E-state index contributed by atoms with van der Waals surface area (Å²) in [4.78, 5) is 17.4. The molecule has 0 bridgehead atoms. The van der Waals surface area contributed by atoms with E-state index in [4.69, 9.17) is 16.3 Å². The predicted octanol–water partition coefficient (Wildman–Crippen LogP) is 5.12. The van der Waals surface area contributed by atoms with Crippen molar-refractivity contribution in [2.24, 2.45) is 0 Å². The van der Waals surface area contributed by atoms with Crippen molar-refractivity contribution in [1.82, 2.24) is 4.98 Å². The number of nitrogens with one attached hydrogen (secondary N) is 2. The fourth-order valence-corrected chi connectivity index (χ4v) is 3.20. The molecule has 132 valence electrons. The maximum absolute atomic E-state index is 12.5. The van der Waals surface area contributed by atoms with Crippen LogP contribution in [-0.2, 0) is 0 Å². The van der Waals surface area contributed by atoms with Gasteiger partial charge in [0.2, 0.25) is 5.88 Å². The van der Waals surface area contributed by atoms with Gasteiger partial charge in [-0.25, -0.2) is 4.98 Å². The van der Waals surface area contributed by atoms with E-state index in [0.29, 0.717) is 16.3 Å².